The maximum atomic E-state index is 9.89. The summed E-state index contributed by atoms with van der Waals surface area (Å²) in [5.41, 5.74) is 3.32. The lowest BCUT2D eigenvalue weighted by Crippen LogP contribution is -1.89. The van der Waals surface area contributed by atoms with Crippen LogP contribution in [0.3, 0.4) is 0 Å². The summed E-state index contributed by atoms with van der Waals surface area (Å²) in [6.45, 7) is 7.69. The van der Waals surface area contributed by atoms with Crippen LogP contribution in [-0.2, 0) is 4.79 Å². The first-order chi connectivity index (χ1) is 14.1. The first-order valence-electron chi connectivity index (χ1n) is 9.56. The van der Waals surface area contributed by atoms with Gasteiger partial charge in [-0.1, -0.05) is 85.8 Å². The number of benzene rings is 2. The number of carbonyl (C=O) groups is 1. The number of aromatic nitrogens is 2. The lowest BCUT2D eigenvalue weighted by atomic mass is 10.0. The molecular formula is C24H28N2O3. The lowest BCUT2D eigenvalue weighted by Gasteiger charge is -2.01. The highest BCUT2D eigenvalue weighted by atomic mass is 16.5. The molecule has 0 amide bonds. The van der Waals surface area contributed by atoms with Gasteiger partial charge in [0, 0.05) is 5.56 Å². The molecule has 29 heavy (non-hydrogen) atoms. The van der Waals surface area contributed by atoms with Crippen molar-refractivity contribution in [3.8, 4) is 22.6 Å². The lowest BCUT2D eigenvalue weighted by molar-refractivity contribution is -0.136. The fourth-order valence-corrected chi connectivity index (χ4v) is 2.21. The molecule has 1 N–H and O–H groups in total. The summed E-state index contributed by atoms with van der Waals surface area (Å²) in [6, 6.07) is 18.4. The number of nitrogens with zero attached hydrogens (tertiary/aromatic N) is 2. The minimum absolute atomic E-state index is 0.102. The minimum atomic E-state index is -0.796. The van der Waals surface area contributed by atoms with Gasteiger partial charge < -0.3 is 9.63 Å². The van der Waals surface area contributed by atoms with Crippen molar-refractivity contribution in [2.45, 2.75) is 34.1 Å². The molecule has 0 spiro atoms. The highest BCUT2D eigenvalue weighted by Gasteiger charge is 2.06. The Hall–Kier alpha value is -3.47. The Morgan fingerprint density at radius 3 is 2.07 bits per heavy atom. The van der Waals surface area contributed by atoms with Gasteiger partial charge in [-0.15, -0.1) is 0 Å². The molecule has 3 rings (SSSR count). The number of carboxylic acid groups (broad SMARTS) is 1. The molecule has 5 heteroatoms. The Bertz CT molecular complexity index is 895. The number of carboxylic acids is 1. The molecule has 0 bridgehead atoms. The van der Waals surface area contributed by atoms with E-state index < -0.39 is 5.97 Å². The van der Waals surface area contributed by atoms with Crippen LogP contribution in [0.4, 0.5) is 0 Å². The molecule has 152 valence electrons. The van der Waals surface area contributed by atoms with Crippen LogP contribution in [0.15, 0.2) is 83.4 Å². The first kappa shape index (κ1) is 23.6. The molecule has 0 aliphatic rings. The maximum absolute atomic E-state index is 9.89. The zero-order chi connectivity index (χ0) is 21.5. The van der Waals surface area contributed by atoms with E-state index in [1.165, 1.54) is 11.1 Å². The summed E-state index contributed by atoms with van der Waals surface area (Å²) >= 11 is 0. The summed E-state index contributed by atoms with van der Waals surface area (Å²) < 4.78 is 5.13. The molecule has 2 aromatic carbocycles. The van der Waals surface area contributed by atoms with Crippen LogP contribution >= 0.6 is 0 Å². The van der Waals surface area contributed by atoms with Crippen LogP contribution in [0.2, 0.25) is 0 Å². The average molecular weight is 392 g/mol. The fourth-order valence-electron chi connectivity index (χ4n) is 2.21. The van der Waals surface area contributed by atoms with Gasteiger partial charge in [0.15, 0.2) is 5.82 Å². The molecule has 1 aromatic heterocycles. The second-order valence-electron chi connectivity index (χ2n) is 5.64. The third-order valence-electron chi connectivity index (χ3n) is 3.50. The van der Waals surface area contributed by atoms with E-state index in [-0.39, 0.29) is 6.42 Å². The Balaban J connectivity index is 0.000000327. The van der Waals surface area contributed by atoms with E-state index in [2.05, 4.69) is 34.4 Å². The second kappa shape index (κ2) is 13.7. The van der Waals surface area contributed by atoms with E-state index in [9.17, 15) is 4.79 Å². The Labute approximate surface area is 172 Å². The predicted octanol–water partition coefficient (Wildman–Crippen LogP) is 6.33. The van der Waals surface area contributed by atoms with Crippen molar-refractivity contribution in [2.24, 2.45) is 0 Å². The number of hydrogen-bond donors (Lipinski definition) is 1. The zero-order valence-corrected chi connectivity index (χ0v) is 17.4. The van der Waals surface area contributed by atoms with Crippen molar-refractivity contribution < 1.29 is 14.4 Å². The average Bonchev–Trinajstić information content (AvgIpc) is 3.20. The number of hydrogen-bond acceptors (Lipinski definition) is 4. The number of aryl methyl sites for hydroxylation is 1. The van der Waals surface area contributed by atoms with Gasteiger partial charge in [-0.05, 0) is 37.1 Å². The quantitative estimate of drug-likeness (QED) is 0.513. The zero-order valence-electron chi connectivity index (χ0n) is 17.4. The van der Waals surface area contributed by atoms with E-state index in [0.29, 0.717) is 11.7 Å². The van der Waals surface area contributed by atoms with Crippen molar-refractivity contribution in [3.63, 3.8) is 0 Å². The Kier molecular flexibility index (Phi) is 11.1. The molecule has 5 nitrogen and oxygen atoms in total. The fraction of sp³-hybridized carbons (Fsp3) is 0.208. The van der Waals surface area contributed by atoms with Gasteiger partial charge in [0.05, 0.1) is 6.42 Å². The first-order valence-corrected chi connectivity index (χ1v) is 9.56. The Morgan fingerprint density at radius 1 is 0.966 bits per heavy atom. The van der Waals surface area contributed by atoms with Crippen LogP contribution in [-0.4, -0.2) is 21.2 Å². The van der Waals surface area contributed by atoms with Gasteiger partial charge in [-0.3, -0.25) is 4.79 Å². The Morgan fingerprint density at radius 2 is 1.55 bits per heavy atom. The summed E-state index contributed by atoms with van der Waals surface area (Å²) in [5, 5.41) is 11.9. The third kappa shape index (κ3) is 8.84. The highest BCUT2D eigenvalue weighted by molar-refractivity contribution is 5.68. The van der Waals surface area contributed by atoms with Gasteiger partial charge >= 0.3 is 5.97 Å². The molecule has 0 unspecified atom stereocenters. The molecule has 3 aromatic rings. The molecule has 0 atom stereocenters. The van der Waals surface area contributed by atoms with Crippen LogP contribution in [0.5, 0.6) is 0 Å². The van der Waals surface area contributed by atoms with Crippen molar-refractivity contribution in [2.75, 3.05) is 0 Å². The SMILES string of the molecule is C/C=C\C=C/CC(=O)O.CC.Cc1noc(-c2ccc(-c3ccccc3)cc2)n1. The molecule has 0 aliphatic heterocycles. The molecule has 0 aliphatic carbocycles. The predicted molar refractivity (Wildman–Crippen MR) is 117 cm³/mol. The van der Waals surface area contributed by atoms with E-state index in [1.54, 1.807) is 18.2 Å². The van der Waals surface area contributed by atoms with Crippen molar-refractivity contribution in [1.82, 2.24) is 10.1 Å². The largest absolute Gasteiger partial charge is 0.481 e. The van der Waals surface area contributed by atoms with Crippen LogP contribution < -0.4 is 0 Å². The van der Waals surface area contributed by atoms with Crippen LogP contribution in [0.25, 0.3) is 22.6 Å². The standard InChI is InChI=1S/C15H12N2O.C7H10O2.C2H6/c1-11-16-15(18-17-11)14-9-7-13(8-10-14)12-5-3-2-4-6-12;1-2-3-4-5-6-7(8)9;1-2/h2-10H,1H3;2-5H,6H2,1H3,(H,8,9);1-2H3/b;3-2-,5-4-;. The normalized spacial score (nSPS) is 10.2. The highest BCUT2D eigenvalue weighted by Crippen LogP contribution is 2.23. The summed E-state index contributed by atoms with van der Waals surface area (Å²) in [4.78, 5) is 14.1. The number of allylic oxidation sites excluding steroid dienone is 3. The summed E-state index contributed by atoms with van der Waals surface area (Å²) in [5.74, 6) is 0.417. The molecule has 0 fully saturated rings. The van der Waals surface area contributed by atoms with Crippen molar-refractivity contribution in [3.05, 3.63) is 84.7 Å². The number of aliphatic carboxylic acids is 1. The van der Waals surface area contributed by atoms with E-state index in [4.69, 9.17) is 9.63 Å². The monoisotopic (exact) mass is 392 g/mol. The smallest absolute Gasteiger partial charge is 0.307 e. The van der Waals surface area contributed by atoms with Crippen molar-refractivity contribution in [1.29, 1.82) is 0 Å². The van der Waals surface area contributed by atoms with Gasteiger partial charge in [-0.25, -0.2) is 0 Å². The van der Waals surface area contributed by atoms with Crippen molar-refractivity contribution >= 4 is 5.97 Å². The molecule has 0 radical (unpaired) electrons. The van der Waals surface area contributed by atoms with Crippen LogP contribution in [0, 0.1) is 6.92 Å². The third-order valence-corrected chi connectivity index (χ3v) is 3.50. The summed E-state index contributed by atoms with van der Waals surface area (Å²) in [6.07, 6.45) is 7.06. The second-order valence-corrected chi connectivity index (χ2v) is 5.64. The number of rotatable bonds is 5. The minimum Gasteiger partial charge on any atom is -0.481 e. The van der Waals surface area contributed by atoms with Gasteiger partial charge in [0.2, 0.25) is 0 Å². The maximum Gasteiger partial charge on any atom is 0.307 e. The molecule has 1 heterocycles. The molecule has 0 saturated heterocycles. The molecular weight excluding hydrogens is 364 g/mol. The van der Waals surface area contributed by atoms with Gasteiger partial charge in [0.1, 0.15) is 0 Å². The van der Waals surface area contributed by atoms with E-state index in [1.807, 2.05) is 64.1 Å². The van der Waals surface area contributed by atoms with Gasteiger partial charge in [-0.2, -0.15) is 4.98 Å². The molecule has 0 saturated carbocycles. The van der Waals surface area contributed by atoms with Gasteiger partial charge in [0.25, 0.3) is 5.89 Å². The summed E-state index contributed by atoms with van der Waals surface area (Å²) in [7, 11) is 0. The van der Waals surface area contributed by atoms with E-state index >= 15 is 0 Å². The van der Waals surface area contributed by atoms with Crippen LogP contribution in [0.1, 0.15) is 33.0 Å². The topological polar surface area (TPSA) is 76.2 Å². The van der Waals surface area contributed by atoms with E-state index in [0.717, 1.165) is 5.56 Å².